The van der Waals surface area contributed by atoms with Crippen molar-refractivity contribution in [1.29, 1.82) is 0 Å². The van der Waals surface area contributed by atoms with Gasteiger partial charge in [0.25, 0.3) is 5.91 Å². The van der Waals surface area contributed by atoms with Gasteiger partial charge in [-0.15, -0.1) is 0 Å². The lowest BCUT2D eigenvalue weighted by atomic mass is 9.94. The van der Waals surface area contributed by atoms with Gasteiger partial charge in [-0.1, -0.05) is 43.7 Å². The predicted molar refractivity (Wildman–Crippen MR) is 188 cm³/mol. The topological polar surface area (TPSA) is 86.3 Å². The van der Waals surface area contributed by atoms with Gasteiger partial charge in [0.1, 0.15) is 28.5 Å². The smallest absolute Gasteiger partial charge is 0.407 e. The second-order valence-corrected chi connectivity index (χ2v) is 13.9. The fourth-order valence-corrected chi connectivity index (χ4v) is 5.23. The fourth-order valence-electron chi connectivity index (χ4n) is 5.23. The second-order valence-electron chi connectivity index (χ2n) is 13.9. The molecule has 48 heavy (non-hydrogen) atoms. The van der Waals surface area contributed by atoms with Crippen molar-refractivity contribution in [2.24, 2.45) is 0 Å². The number of amides is 2. The van der Waals surface area contributed by atoms with Gasteiger partial charge in [-0.2, -0.15) is 0 Å². The Bertz CT molecular complexity index is 1490. The maximum Gasteiger partial charge on any atom is 0.407 e. The van der Waals surface area contributed by atoms with Gasteiger partial charge in [-0.25, -0.2) is 9.18 Å². The van der Waals surface area contributed by atoms with Gasteiger partial charge in [0, 0.05) is 50.4 Å². The molecule has 0 aliphatic carbocycles. The van der Waals surface area contributed by atoms with Crippen LogP contribution in [0.2, 0.25) is 0 Å². The summed E-state index contributed by atoms with van der Waals surface area (Å²) in [5, 5.41) is 2.86. The lowest BCUT2D eigenvalue weighted by molar-refractivity contribution is 0.0497. The van der Waals surface area contributed by atoms with E-state index in [4.69, 9.17) is 18.9 Å². The quantitative estimate of drug-likeness (QED) is 0.165. The van der Waals surface area contributed by atoms with Crippen molar-refractivity contribution >= 4 is 12.0 Å². The number of likely N-dealkylation sites (N-methyl/N-ethyl adjacent to an activating group) is 1. The molecule has 8 nitrogen and oxygen atoms in total. The molecule has 262 valence electrons. The van der Waals surface area contributed by atoms with Gasteiger partial charge < -0.3 is 29.2 Å². The SMILES string of the molecule is CCCc1cc(-c2ccccc2F)c(OCCCOC)cc1C(=O)N(C)[C@@H](CNC(=O)OC(C)(C)C)Cc1ccc(OC(C)(C)C)cc1. The Labute approximate surface area is 285 Å². The van der Waals surface area contributed by atoms with E-state index in [-0.39, 0.29) is 23.9 Å². The summed E-state index contributed by atoms with van der Waals surface area (Å²) in [5.41, 5.74) is 2.22. The Hall–Kier alpha value is -4.11. The van der Waals surface area contributed by atoms with Crippen LogP contribution in [0.5, 0.6) is 11.5 Å². The van der Waals surface area contributed by atoms with Crippen molar-refractivity contribution in [2.75, 3.05) is 33.9 Å². The molecule has 0 bridgehead atoms. The van der Waals surface area contributed by atoms with Gasteiger partial charge in [-0.05, 0) is 95.8 Å². The van der Waals surface area contributed by atoms with Crippen molar-refractivity contribution in [1.82, 2.24) is 10.2 Å². The normalized spacial score (nSPS) is 12.3. The van der Waals surface area contributed by atoms with Gasteiger partial charge >= 0.3 is 6.09 Å². The van der Waals surface area contributed by atoms with Crippen LogP contribution >= 0.6 is 0 Å². The number of benzene rings is 3. The van der Waals surface area contributed by atoms with Crippen molar-refractivity contribution in [3.8, 4) is 22.6 Å². The van der Waals surface area contributed by atoms with Crippen LogP contribution in [0.25, 0.3) is 11.1 Å². The molecule has 0 heterocycles. The first-order chi connectivity index (χ1) is 22.6. The van der Waals surface area contributed by atoms with Crippen LogP contribution in [0, 0.1) is 5.82 Å². The zero-order chi connectivity index (χ0) is 35.5. The molecule has 0 aromatic heterocycles. The zero-order valence-corrected chi connectivity index (χ0v) is 30.1. The van der Waals surface area contributed by atoms with Crippen molar-refractivity contribution < 1.29 is 32.9 Å². The Morgan fingerprint density at radius 1 is 0.917 bits per heavy atom. The maximum absolute atomic E-state index is 15.1. The minimum atomic E-state index is -0.668. The van der Waals surface area contributed by atoms with Crippen LogP contribution < -0.4 is 14.8 Å². The molecule has 2 amide bonds. The van der Waals surface area contributed by atoms with Crippen LogP contribution in [-0.4, -0.2) is 68.1 Å². The molecule has 9 heteroatoms. The van der Waals surface area contributed by atoms with E-state index in [9.17, 15) is 9.59 Å². The Kier molecular flexibility index (Phi) is 13.8. The van der Waals surface area contributed by atoms with E-state index in [1.165, 1.54) is 6.07 Å². The highest BCUT2D eigenvalue weighted by molar-refractivity contribution is 5.97. The van der Waals surface area contributed by atoms with E-state index in [1.807, 2.05) is 58.0 Å². The summed E-state index contributed by atoms with van der Waals surface area (Å²) in [6, 6.07) is 17.5. The Morgan fingerprint density at radius 3 is 2.21 bits per heavy atom. The molecule has 1 atom stereocenters. The highest BCUT2D eigenvalue weighted by Gasteiger charge is 2.27. The zero-order valence-electron chi connectivity index (χ0n) is 30.1. The van der Waals surface area contributed by atoms with Crippen LogP contribution in [0.15, 0.2) is 60.7 Å². The molecule has 3 rings (SSSR count). The van der Waals surface area contributed by atoms with Crippen LogP contribution in [0.3, 0.4) is 0 Å². The number of nitrogens with zero attached hydrogens (tertiary/aromatic N) is 1. The number of aryl methyl sites for hydroxylation is 1. The number of methoxy groups -OCH3 is 1. The minimum absolute atomic E-state index is 0.161. The molecule has 3 aromatic carbocycles. The summed E-state index contributed by atoms with van der Waals surface area (Å²) in [5.74, 6) is 0.566. The number of carbonyl (C=O) groups excluding carboxylic acids is 2. The number of halogens is 1. The maximum atomic E-state index is 15.1. The Morgan fingerprint density at radius 2 is 1.60 bits per heavy atom. The molecular weight excluding hydrogens is 611 g/mol. The summed E-state index contributed by atoms with van der Waals surface area (Å²) in [7, 11) is 3.36. The molecule has 0 aliphatic heterocycles. The molecule has 0 fully saturated rings. The summed E-state index contributed by atoms with van der Waals surface area (Å²) < 4.78 is 37.9. The largest absolute Gasteiger partial charge is 0.493 e. The molecule has 0 saturated heterocycles. The molecule has 0 aliphatic rings. The van der Waals surface area contributed by atoms with Gasteiger partial charge in [0.2, 0.25) is 0 Å². The number of rotatable bonds is 15. The van der Waals surface area contributed by atoms with Crippen LogP contribution in [0.4, 0.5) is 9.18 Å². The first-order valence-electron chi connectivity index (χ1n) is 16.7. The first kappa shape index (κ1) is 38.3. The number of nitrogens with one attached hydrogen (secondary N) is 1. The van der Waals surface area contributed by atoms with Crippen LogP contribution in [0.1, 0.15) is 82.8 Å². The minimum Gasteiger partial charge on any atom is -0.493 e. The van der Waals surface area contributed by atoms with E-state index >= 15 is 4.39 Å². The molecular formula is C39H53FN2O6. The summed E-state index contributed by atoms with van der Waals surface area (Å²) in [6.45, 7) is 14.4. The summed E-state index contributed by atoms with van der Waals surface area (Å²) >= 11 is 0. The van der Waals surface area contributed by atoms with E-state index in [0.29, 0.717) is 54.9 Å². The second kappa shape index (κ2) is 17.3. The third-order valence-electron chi connectivity index (χ3n) is 7.44. The highest BCUT2D eigenvalue weighted by atomic mass is 19.1. The number of carbonyl (C=O) groups is 2. The van der Waals surface area contributed by atoms with Crippen molar-refractivity contribution in [3.05, 3.63) is 83.2 Å². The third-order valence-corrected chi connectivity index (χ3v) is 7.44. The monoisotopic (exact) mass is 664 g/mol. The molecule has 0 radical (unpaired) electrons. The number of alkyl carbamates (subject to hydrolysis) is 1. The summed E-state index contributed by atoms with van der Waals surface area (Å²) in [4.78, 5) is 28.7. The molecule has 0 spiro atoms. The van der Waals surface area contributed by atoms with Crippen LogP contribution in [-0.2, 0) is 22.3 Å². The summed E-state index contributed by atoms with van der Waals surface area (Å²) in [6.07, 6.45) is 1.92. The van der Waals surface area contributed by atoms with E-state index in [2.05, 4.69) is 5.32 Å². The highest BCUT2D eigenvalue weighted by Crippen LogP contribution is 2.36. The number of ether oxygens (including phenoxy) is 4. The van der Waals surface area contributed by atoms with E-state index in [0.717, 1.165) is 23.3 Å². The van der Waals surface area contributed by atoms with Crippen molar-refractivity contribution in [2.45, 2.75) is 91.4 Å². The molecule has 1 N–H and O–H groups in total. The Balaban J connectivity index is 2.01. The molecule has 0 saturated carbocycles. The van der Waals surface area contributed by atoms with Gasteiger partial charge in [-0.3, -0.25) is 4.79 Å². The fraction of sp³-hybridized carbons (Fsp3) is 0.487. The van der Waals surface area contributed by atoms with E-state index in [1.54, 1.807) is 64.1 Å². The molecule has 3 aromatic rings. The van der Waals surface area contributed by atoms with Gasteiger partial charge in [0.05, 0.1) is 12.6 Å². The third kappa shape index (κ3) is 11.8. The number of hydrogen-bond donors (Lipinski definition) is 1. The predicted octanol–water partition coefficient (Wildman–Crippen LogP) is 8.25. The average Bonchev–Trinajstić information content (AvgIpc) is 3.00. The first-order valence-corrected chi connectivity index (χ1v) is 16.7. The van der Waals surface area contributed by atoms with Crippen molar-refractivity contribution in [3.63, 3.8) is 0 Å². The lowest BCUT2D eigenvalue weighted by Crippen LogP contribution is -2.47. The lowest BCUT2D eigenvalue weighted by Gasteiger charge is -2.30. The standard InChI is InChI=1S/C39H53FN2O6/c1-10-14-28-24-33(31-15-11-12-16-34(31)40)35(46-22-13-21-45-9)25-32(28)36(43)42(8)29(26-41-37(44)48-39(5,6)7)23-27-17-19-30(20-18-27)47-38(2,3)4/h11-12,15-20,24-25,29H,10,13-14,21-23,26H2,1-9H3,(H,41,44)/t29-/m1/s1. The molecule has 0 unspecified atom stereocenters. The van der Waals surface area contributed by atoms with E-state index < -0.39 is 17.7 Å². The van der Waals surface area contributed by atoms with Gasteiger partial charge in [0.15, 0.2) is 0 Å². The average molecular weight is 665 g/mol. The number of hydrogen-bond acceptors (Lipinski definition) is 6.